The number of nitrogen functional groups attached to an aromatic ring is 1. The monoisotopic (exact) mass is 359 g/mol. The molecule has 2 amide bonds. The summed E-state index contributed by atoms with van der Waals surface area (Å²) in [6.07, 6.45) is 1.25. The number of carbonyl (C=O) groups is 2. The maximum Gasteiger partial charge on any atom is 0.408 e. The standard InChI is InChI=1S/C20H29N3O3/c1-5-17(23-19(25)26-20(2,3)4)18(24)22-14-10-6-7-11-15-12-8-9-13-16(15)21/h8-9,12-13,17H,5-6,10,14,21H2,1-4H3,(H,22,24)(H,23,25)/t17-/m0/s1. The van der Waals surface area contributed by atoms with E-state index in [2.05, 4.69) is 22.5 Å². The molecule has 1 aromatic carbocycles. The maximum atomic E-state index is 12.1. The van der Waals surface area contributed by atoms with Crippen LogP contribution in [0.15, 0.2) is 24.3 Å². The molecule has 26 heavy (non-hydrogen) atoms. The number of anilines is 1. The molecule has 6 heteroatoms. The van der Waals surface area contributed by atoms with E-state index in [4.69, 9.17) is 10.5 Å². The lowest BCUT2D eigenvalue weighted by molar-refractivity contribution is -0.123. The van der Waals surface area contributed by atoms with E-state index in [1.54, 1.807) is 20.8 Å². The summed E-state index contributed by atoms with van der Waals surface area (Å²) in [7, 11) is 0. The summed E-state index contributed by atoms with van der Waals surface area (Å²) < 4.78 is 5.17. The van der Waals surface area contributed by atoms with Crippen molar-refractivity contribution in [1.82, 2.24) is 10.6 Å². The van der Waals surface area contributed by atoms with E-state index in [0.29, 0.717) is 31.5 Å². The van der Waals surface area contributed by atoms with Crippen LogP contribution in [0.1, 0.15) is 52.5 Å². The molecule has 1 atom stereocenters. The van der Waals surface area contributed by atoms with Crippen molar-refractivity contribution in [3.05, 3.63) is 29.8 Å². The van der Waals surface area contributed by atoms with E-state index in [1.807, 2.05) is 31.2 Å². The smallest absolute Gasteiger partial charge is 0.408 e. The van der Waals surface area contributed by atoms with Crippen LogP contribution in [0.3, 0.4) is 0 Å². The Hall–Kier alpha value is -2.68. The molecule has 1 rings (SSSR count). The van der Waals surface area contributed by atoms with Crippen LogP contribution in [-0.4, -0.2) is 30.2 Å². The summed E-state index contributed by atoms with van der Waals surface area (Å²) in [5.41, 5.74) is 6.69. The Morgan fingerprint density at radius 1 is 1.27 bits per heavy atom. The molecule has 0 aromatic heterocycles. The van der Waals surface area contributed by atoms with E-state index in [1.165, 1.54) is 0 Å². The number of amides is 2. The topological polar surface area (TPSA) is 93.4 Å². The lowest BCUT2D eigenvalue weighted by Gasteiger charge is -2.22. The Labute approximate surface area is 155 Å². The molecule has 0 unspecified atom stereocenters. The summed E-state index contributed by atoms with van der Waals surface area (Å²) in [5, 5.41) is 5.40. The third-order valence-corrected chi connectivity index (χ3v) is 3.38. The summed E-state index contributed by atoms with van der Waals surface area (Å²) >= 11 is 0. The van der Waals surface area contributed by atoms with Crippen molar-refractivity contribution in [2.24, 2.45) is 0 Å². The molecule has 0 saturated heterocycles. The first-order valence-corrected chi connectivity index (χ1v) is 8.83. The number of ether oxygens (including phenoxy) is 1. The summed E-state index contributed by atoms with van der Waals surface area (Å²) in [5.74, 6) is 5.84. The zero-order valence-corrected chi connectivity index (χ0v) is 16.0. The number of carbonyl (C=O) groups excluding carboxylic acids is 2. The first kappa shape index (κ1) is 21.4. The van der Waals surface area contributed by atoms with Crippen LogP contribution in [0.5, 0.6) is 0 Å². The molecule has 0 bridgehead atoms. The second kappa shape index (κ2) is 10.3. The Balaban J connectivity index is 2.34. The third kappa shape index (κ3) is 8.43. The highest BCUT2D eigenvalue weighted by molar-refractivity contribution is 5.85. The van der Waals surface area contributed by atoms with Crippen molar-refractivity contribution in [1.29, 1.82) is 0 Å². The van der Waals surface area contributed by atoms with Gasteiger partial charge in [0.1, 0.15) is 11.6 Å². The Kier molecular flexibility index (Phi) is 8.50. The molecule has 142 valence electrons. The minimum absolute atomic E-state index is 0.223. The van der Waals surface area contributed by atoms with Crippen LogP contribution >= 0.6 is 0 Å². The van der Waals surface area contributed by atoms with Crippen molar-refractivity contribution in [2.75, 3.05) is 12.3 Å². The predicted molar refractivity (Wildman–Crippen MR) is 103 cm³/mol. The van der Waals surface area contributed by atoms with Crippen LogP contribution in [0.25, 0.3) is 0 Å². The largest absolute Gasteiger partial charge is 0.444 e. The van der Waals surface area contributed by atoms with Gasteiger partial charge >= 0.3 is 6.09 Å². The zero-order valence-electron chi connectivity index (χ0n) is 16.0. The quantitative estimate of drug-likeness (QED) is 0.414. The van der Waals surface area contributed by atoms with Gasteiger partial charge in [-0.1, -0.05) is 30.9 Å². The van der Waals surface area contributed by atoms with Gasteiger partial charge in [0.25, 0.3) is 0 Å². The summed E-state index contributed by atoms with van der Waals surface area (Å²) in [6, 6.07) is 6.83. The van der Waals surface area contributed by atoms with Crippen LogP contribution in [0.2, 0.25) is 0 Å². The summed E-state index contributed by atoms with van der Waals surface area (Å²) in [6.45, 7) is 7.65. The van der Waals surface area contributed by atoms with E-state index < -0.39 is 17.7 Å². The Bertz CT molecular complexity index is 669. The summed E-state index contributed by atoms with van der Waals surface area (Å²) in [4.78, 5) is 23.9. The van der Waals surface area contributed by atoms with Gasteiger partial charge in [-0.3, -0.25) is 4.79 Å². The molecule has 0 radical (unpaired) electrons. The second-order valence-corrected chi connectivity index (χ2v) is 6.89. The molecule has 0 aliphatic heterocycles. The Morgan fingerprint density at radius 2 is 1.96 bits per heavy atom. The molecule has 0 saturated carbocycles. The number of para-hydroxylation sites is 1. The number of nitrogens with one attached hydrogen (secondary N) is 2. The van der Waals surface area contributed by atoms with Crippen molar-refractivity contribution in [2.45, 2.75) is 58.6 Å². The van der Waals surface area contributed by atoms with Crippen LogP contribution in [0, 0.1) is 11.8 Å². The fourth-order valence-electron chi connectivity index (χ4n) is 2.08. The first-order valence-electron chi connectivity index (χ1n) is 8.83. The van der Waals surface area contributed by atoms with Gasteiger partial charge in [0.05, 0.1) is 0 Å². The van der Waals surface area contributed by atoms with Crippen molar-refractivity contribution in [3.63, 3.8) is 0 Å². The van der Waals surface area contributed by atoms with Crippen molar-refractivity contribution < 1.29 is 14.3 Å². The number of alkyl carbamates (subject to hydrolysis) is 1. The number of unbranched alkanes of at least 4 members (excludes halogenated alkanes) is 1. The number of hydrogen-bond acceptors (Lipinski definition) is 4. The second-order valence-electron chi connectivity index (χ2n) is 6.89. The third-order valence-electron chi connectivity index (χ3n) is 3.38. The highest BCUT2D eigenvalue weighted by Gasteiger charge is 2.22. The average Bonchev–Trinajstić information content (AvgIpc) is 2.55. The van der Waals surface area contributed by atoms with E-state index in [9.17, 15) is 9.59 Å². The number of benzene rings is 1. The number of hydrogen-bond donors (Lipinski definition) is 3. The minimum Gasteiger partial charge on any atom is -0.444 e. The van der Waals surface area contributed by atoms with Crippen molar-refractivity contribution in [3.8, 4) is 11.8 Å². The van der Waals surface area contributed by atoms with Gasteiger partial charge in [0.2, 0.25) is 5.91 Å². The molecule has 0 aliphatic carbocycles. The molecule has 0 spiro atoms. The number of rotatable bonds is 6. The van der Waals surface area contributed by atoms with E-state index in [0.717, 1.165) is 5.56 Å². The Morgan fingerprint density at radius 3 is 2.58 bits per heavy atom. The SMILES string of the molecule is CC[C@H](NC(=O)OC(C)(C)C)C(=O)NCCCC#Cc1ccccc1N. The molecule has 0 aliphatic rings. The van der Waals surface area contributed by atoms with Gasteiger partial charge in [-0.15, -0.1) is 0 Å². The molecule has 4 N–H and O–H groups in total. The fourth-order valence-corrected chi connectivity index (χ4v) is 2.08. The number of nitrogens with two attached hydrogens (primary N) is 1. The lowest BCUT2D eigenvalue weighted by Crippen LogP contribution is -2.48. The van der Waals surface area contributed by atoms with Gasteiger partial charge < -0.3 is 21.1 Å². The fraction of sp³-hybridized carbons (Fsp3) is 0.500. The molecular weight excluding hydrogens is 330 g/mol. The van der Waals surface area contributed by atoms with E-state index >= 15 is 0 Å². The molecule has 6 nitrogen and oxygen atoms in total. The minimum atomic E-state index is -0.611. The highest BCUT2D eigenvalue weighted by atomic mass is 16.6. The van der Waals surface area contributed by atoms with Crippen LogP contribution in [0.4, 0.5) is 10.5 Å². The van der Waals surface area contributed by atoms with E-state index in [-0.39, 0.29) is 5.91 Å². The van der Waals surface area contributed by atoms with Crippen LogP contribution in [-0.2, 0) is 9.53 Å². The first-order chi connectivity index (χ1) is 12.2. The lowest BCUT2D eigenvalue weighted by atomic mass is 10.2. The highest BCUT2D eigenvalue weighted by Crippen LogP contribution is 2.08. The predicted octanol–water partition coefficient (Wildman–Crippen LogP) is 2.82. The van der Waals surface area contributed by atoms with Gasteiger partial charge in [0.15, 0.2) is 0 Å². The van der Waals surface area contributed by atoms with Crippen LogP contribution < -0.4 is 16.4 Å². The molecule has 0 fully saturated rings. The van der Waals surface area contributed by atoms with Gasteiger partial charge in [0, 0.05) is 24.2 Å². The molecule has 0 heterocycles. The van der Waals surface area contributed by atoms with Gasteiger partial charge in [-0.05, 0) is 45.7 Å². The van der Waals surface area contributed by atoms with Crippen molar-refractivity contribution >= 4 is 17.7 Å². The maximum absolute atomic E-state index is 12.1. The average molecular weight is 359 g/mol. The molecular formula is C20H29N3O3. The zero-order chi connectivity index (χ0) is 19.6. The molecule has 1 aromatic rings. The van der Waals surface area contributed by atoms with Gasteiger partial charge in [-0.25, -0.2) is 4.79 Å². The van der Waals surface area contributed by atoms with Gasteiger partial charge in [-0.2, -0.15) is 0 Å². The normalized spacial score (nSPS) is 11.7.